The van der Waals surface area contributed by atoms with Crippen molar-refractivity contribution in [2.45, 2.75) is 32.2 Å². The summed E-state index contributed by atoms with van der Waals surface area (Å²) in [7, 11) is 0. The minimum absolute atomic E-state index is 0.516. The molecule has 86 valence electrons. The molecule has 0 aliphatic carbocycles. The Morgan fingerprint density at radius 1 is 1.62 bits per heavy atom. The van der Waals surface area contributed by atoms with Crippen molar-refractivity contribution < 1.29 is 9.90 Å². The van der Waals surface area contributed by atoms with Gasteiger partial charge in [-0.3, -0.25) is 0 Å². The van der Waals surface area contributed by atoms with Crippen molar-refractivity contribution in [1.29, 1.82) is 0 Å². The van der Waals surface area contributed by atoms with E-state index in [-0.39, 0.29) is 0 Å². The maximum absolute atomic E-state index is 11.3. The molecule has 5 heteroatoms. The maximum atomic E-state index is 11.3. The zero-order valence-electron chi connectivity index (χ0n) is 9.47. The summed E-state index contributed by atoms with van der Waals surface area (Å²) in [6, 6.07) is 1.80. The number of aliphatic carboxylic acids is 1. The first-order valence-corrected chi connectivity index (χ1v) is 5.35. The zero-order chi connectivity index (χ0) is 11.8. The Labute approximate surface area is 94.1 Å². The zero-order valence-corrected chi connectivity index (χ0v) is 9.47. The Hall–Kier alpha value is -1.65. The smallest absolute Gasteiger partial charge is 0.329 e. The molecule has 0 amide bonds. The van der Waals surface area contributed by atoms with Gasteiger partial charge in [-0.1, -0.05) is 0 Å². The first kappa shape index (κ1) is 10.9. The summed E-state index contributed by atoms with van der Waals surface area (Å²) >= 11 is 0. The van der Waals surface area contributed by atoms with E-state index in [0.29, 0.717) is 18.9 Å². The van der Waals surface area contributed by atoms with E-state index in [0.717, 1.165) is 12.1 Å². The van der Waals surface area contributed by atoms with Gasteiger partial charge in [-0.25, -0.2) is 14.8 Å². The molecule has 1 aliphatic heterocycles. The van der Waals surface area contributed by atoms with Crippen LogP contribution in [0.15, 0.2) is 12.3 Å². The first-order chi connectivity index (χ1) is 7.54. The van der Waals surface area contributed by atoms with Crippen molar-refractivity contribution in [2.24, 2.45) is 0 Å². The molecule has 2 rings (SSSR count). The van der Waals surface area contributed by atoms with Crippen molar-refractivity contribution in [3.63, 3.8) is 0 Å². The second-order valence-electron chi connectivity index (χ2n) is 4.33. The van der Waals surface area contributed by atoms with Gasteiger partial charge in [0.15, 0.2) is 0 Å². The Morgan fingerprint density at radius 3 is 3.00 bits per heavy atom. The number of hydrogen-bond acceptors (Lipinski definition) is 4. The molecule has 0 aromatic carbocycles. The summed E-state index contributed by atoms with van der Waals surface area (Å²) in [5.41, 5.74) is -0.0158. The lowest BCUT2D eigenvalue weighted by Gasteiger charge is -2.31. The Bertz CT molecular complexity index is 421. The highest BCUT2D eigenvalue weighted by Crippen LogP contribution is 2.32. The van der Waals surface area contributed by atoms with Crippen LogP contribution >= 0.6 is 0 Å². The molecule has 1 N–H and O–H groups in total. The van der Waals surface area contributed by atoms with E-state index in [1.54, 1.807) is 24.1 Å². The highest BCUT2D eigenvalue weighted by Gasteiger charge is 2.44. The molecule has 16 heavy (non-hydrogen) atoms. The van der Waals surface area contributed by atoms with Gasteiger partial charge in [0.1, 0.15) is 5.54 Å². The second-order valence-corrected chi connectivity index (χ2v) is 4.33. The minimum atomic E-state index is -0.867. The molecule has 0 saturated carbocycles. The molecule has 1 unspecified atom stereocenters. The number of carbonyl (C=O) groups is 1. The highest BCUT2D eigenvalue weighted by atomic mass is 16.4. The molecule has 5 nitrogen and oxygen atoms in total. The van der Waals surface area contributed by atoms with Crippen LogP contribution in [0.1, 0.15) is 25.5 Å². The molecule has 1 aromatic heterocycles. The van der Waals surface area contributed by atoms with Crippen molar-refractivity contribution >= 4 is 11.9 Å². The van der Waals surface area contributed by atoms with Crippen molar-refractivity contribution in [1.82, 2.24) is 9.97 Å². The minimum Gasteiger partial charge on any atom is -0.480 e. The van der Waals surface area contributed by atoms with Crippen LogP contribution in [0, 0.1) is 6.92 Å². The van der Waals surface area contributed by atoms with Crippen LogP contribution in [0.3, 0.4) is 0 Å². The number of rotatable bonds is 2. The molecule has 0 spiro atoms. The fourth-order valence-corrected chi connectivity index (χ4v) is 2.07. The van der Waals surface area contributed by atoms with E-state index in [1.807, 2.05) is 6.92 Å². The van der Waals surface area contributed by atoms with Crippen LogP contribution < -0.4 is 4.90 Å². The Kier molecular flexibility index (Phi) is 2.53. The molecule has 1 aliphatic rings. The van der Waals surface area contributed by atoms with Gasteiger partial charge in [-0.05, 0) is 32.8 Å². The monoisotopic (exact) mass is 221 g/mol. The molecule has 1 saturated heterocycles. The quantitative estimate of drug-likeness (QED) is 0.813. The SMILES string of the molecule is Cc1ccnc(N2CCCC2(C)C(=O)O)n1. The van der Waals surface area contributed by atoms with Gasteiger partial charge in [0.25, 0.3) is 0 Å². The number of carboxylic acid groups (broad SMARTS) is 1. The van der Waals surface area contributed by atoms with Crippen LogP contribution in [0.5, 0.6) is 0 Å². The lowest BCUT2D eigenvalue weighted by atomic mass is 10.00. The summed E-state index contributed by atoms with van der Waals surface area (Å²) in [4.78, 5) is 21.5. The van der Waals surface area contributed by atoms with Crippen molar-refractivity contribution in [3.8, 4) is 0 Å². The summed E-state index contributed by atoms with van der Waals surface area (Å²) in [6.45, 7) is 4.31. The van der Waals surface area contributed by atoms with Gasteiger partial charge < -0.3 is 10.0 Å². The van der Waals surface area contributed by atoms with Crippen LogP contribution in [-0.2, 0) is 4.79 Å². The van der Waals surface area contributed by atoms with Gasteiger partial charge in [0.2, 0.25) is 5.95 Å². The average Bonchev–Trinajstić information content (AvgIpc) is 2.62. The lowest BCUT2D eigenvalue weighted by molar-refractivity contribution is -0.142. The van der Waals surface area contributed by atoms with Crippen molar-refractivity contribution in [3.05, 3.63) is 18.0 Å². The van der Waals surface area contributed by atoms with Crippen LogP contribution in [-0.4, -0.2) is 33.1 Å². The second kappa shape index (κ2) is 3.73. The molecule has 1 aromatic rings. The molecular weight excluding hydrogens is 206 g/mol. The predicted molar refractivity (Wildman–Crippen MR) is 59.4 cm³/mol. The summed E-state index contributed by atoms with van der Waals surface area (Å²) in [5.74, 6) is -0.294. The van der Waals surface area contributed by atoms with E-state index < -0.39 is 11.5 Å². The number of anilines is 1. The topological polar surface area (TPSA) is 66.3 Å². The summed E-state index contributed by atoms with van der Waals surface area (Å²) in [5, 5.41) is 9.28. The van der Waals surface area contributed by atoms with E-state index in [1.165, 1.54) is 0 Å². The standard InChI is InChI=1S/C11H15N3O2/c1-8-4-6-12-10(13-8)14-7-3-5-11(14,2)9(15)16/h4,6H,3,5,7H2,1-2H3,(H,15,16). The van der Waals surface area contributed by atoms with E-state index in [2.05, 4.69) is 9.97 Å². The number of hydrogen-bond donors (Lipinski definition) is 1. The first-order valence-electron chi connectivity index (χ1n) is 5.35. The van der Waals surface area contributed by atoms with Crippen LogP contribution in [0.4, 0.5) is 5.95 Å². The van der Waals surface area contributed by atoms with Gasteiger partial charge in [0, 0.05) is 18.4 Å². The Morgan fingerprint density at radius 2 is 2.38 bits per heavy atom. The lowest BCUT2D eigenvalue weighted by Crippen LogP contribution is -2.48. The normalized spacial score (nSPS) is 24.8. The van der Waals surface area contributed by atoms with Crippen molar-refractivity contribution in [2.75, 3.05) is 11.4 Å². The third kappa shape index (κ3) is 1.62. The number of aryl methyl sites for hydroxylation is 1. The fourth-order valence-electron chi connectivity index (χ4n) is 2.07. The molecule has 1 atom stereocenters. The molecule has 0 bridgehead atoms. The summed E-state index contributed by atoms with van der Waals surface area (Å²) in [6.07, 6.45) is 3.16. The third-order valence-electron chi connectivity index (χ3n) is 3.13. The molecule has 2 heterocycles. The maximum Gasteiger partial charge on any atom is 0.329 e. The largest absolute Gasteiger partial charge is 0.480 e. The average molecular weight is 221 g/mol. The molecular formula is C11H15N3O2. The van der Waals surface area contributed by atoms with Crippen LogP contribution in [0.25, 0.3) is 0 Å². The Balaban J connectivity index is 2.37. The van der Waals surface area contributed by atoms with Gasteiger partial charge in [-0.15, -0.1) is 0 Å². The van der Waals surface area contributed by atoms with E-state index in [9.17, 15) is 9.90 Å². The number of carboxylic acids is 1. The third-order valence-corrected chi connectivity index (χ3v) is 3.13. The van der Waals surface area contributed by atoms with Gasteiger partial charge in [-0.2, -0.15) is 0 Å². The van der Waals surface area contributed by atoms with E-state index >= 15 is 0 Å². The van der Waals surface area contributed by atoms with E-state index in [4.69, 9.17) is 0 Å². The van der Waals surface area contributed by atoms with Gasteiger partial charge in [0.05, 0.1) is 0 Å². The molecule has 1 fully saturated rings. The number of nitrogens with zero attached hydrogens (tertiary/aromatic N) is 3. The van der Waals surface area contributed by atoms with Gasteiger partial charge >= 0.3 is 5.97 Å². The van der Waals surface area contributed by atoms with Crippen LogP contribution in [0.2, 0.25) is 0 Å². The summed E-state index contributed by atoms with van der Waals surface area (Å²) < 4.78 is 0. The molecule has 0 radical (unpaired) electrons. The number of aromatic nitrogens is 2. The fraction of sp³-hybridized carbons (Fsp3) is 0.545. The predicted octanol–water partition coefficient (Wildman–Crippen LogP) is 1.23. The highest BCUT2D eigenvalue weighted by molar-refractivity contribution is 5.83.